The van der Waals surface area contributed by atoms with Crippen LogP contribution in [-0.4, -0.2) is 45.5 Å². The van der Waals surface area contributed by atoms with Crippen LogP contribution in [0.3, 0.4) is 0 Å². The lowest BCUT2D eigenvalue weighted by Gasteiger charge is -2.30. The van der Waals surface area contributed by atoms with Crippen LogP contribution in [0.15, 0.2) is 59.9 Å². The number of hydrogen-bond donors (Lipinski definition) is 1. The van der Waals surface area contributed by atoms with Crippen LogP contribution in [0.5, 0.6) is 0 Å². The summed E-state index contributed by atoms with van der Waals surface area (Å²) in [5.41, 5.74) is 0.781. The summed E-state index contributed by atoms with van der Waals surface area (Å²) in [6.45, 7) is 3.16. The number of nitro groups is 1. The maximum absolute atomic E-state index is 13.0. The molecule has 168 valence electrons. The van der Waals surface area contributed by atoms with Crippen molar-refractivity contribution in [3.8, 4) is 5.82 Å². The zero-order valence-corrected chi connectivity index (χ0v) is 18.4. The summed E-state index contributed by atoms with van der Waals surface area (Å²) in [6, 6.07) is 9.45. The Balaban J connectivity index is 1.51. The van der Waals surface area contributed by atoms with Crippen LogP contribution in [0.4, 0.5) is 11.4 Å². The highest BCUT2D eigenvalue weighted by Crippen LogP contribution is 2.31. The molecule has 0 saturated carbocycles. The summed E-state index contributed by atoms with van der Waals surface area (Å²) < 4.78 is 29.0. The Morgan fingerprint density at radius 2 is 2.12 bits per heavy atom. The molecule has 2 aromatic heterocycles. The van der Waals surface area contributed by atoms with Crippen molar-refractivity contribution in [2.45, 2.75) is 31.2 Å². The lowest BCUT2D eigenvalue weighted by atomic mass is 10.0. The van der Waals surface area contributed by atoms with Gasteiger partial charge >= 0.3 is 0 Å². The summed E-state index contributed by atoms with van der Waals surface area (Å²) in [6.07, 6.45) is 6.87. The predicted octanol–water partition coefficient (Wildman–Crippen LogP) is 3.21. The first-order chi connectivity index (χ1) is 15.3. The fraction of sp³-hybridized carbons (Fsp3) is 0.333. The number of nitrogens with one attached hydrogen (secondary N) is 1. The number of pyridine rings is 1. The Hall–Kier alpha value is -3.31. The quantitative estimate of drug-likeness (QED) is 0.428. The maximum atomic E-state index is 13.0. The number of nitrogens with zero attached hydrogens (tertiary/aromatic N) is 5. The molecule has 11 heteroatoms. The van der Waals surface area contributed by atoms with Gasteiger partial charge in [0.25, 0.3) is 5.69 Å². The first-order valence-electron chi connectivity index (χ1n) is 10.3. The van der Waals surface area contributed by atoms with E-state index in [1.165, 1.54) is 16.4 Å². The van der Waals surface area contributed by atoms with Crippen LogP contribution in [0.25, 0.3) is 5.82 Å². The normalized spacial score (nSPS) is 17.2. The number of sulfonamides is 1. The zero-order chi connectivity index (χ0) is 22.7. The van der Waals surface area contributed by atoms with Crippen LogP contribution in [0.2, 0.25) is 0 Å². The van der Waals surface area contributed by atoms with E-state index in [-0.39, 0.29) is 22.2 Å². The molecule has 1 N–H and O–H groups in total. The Labute approximate surface area is 186 Å². The molecule has 0 spiro atoms. The third-order valence-corrected chi connectivity index (χ3v) is 7.32. The van der Waals surface area contributed by atoms with Crippen LogP contribution in [0.1, 0.15) is 25.3 Å². The minimum absolute atomic E-state index is 0.0610. The molecule has 0 bridgehead atoms. The fourth-order valence-corrected chi connectivity index (χ4v) is 5.36. The molecule has 0 radical (unpaired) electrons. The molecular formula is C21H24N6O4S. The number of benzene rings is 1. The average Bonchev–Trinajstić information content (AvgIpc) is 3.33. The van der Waals surface area contributed by atoms with Crippen LogP contribution >= 0.6 is 0 Å². The van der Waals surface area contributed by atoms with Crippen molar-refractivity contribution in [3.05, 3.63) is 70.7 Å². The van der Waals surface area contributed by atoms with Crippen molar-refractivity contribution in [1.82, 2.24) is 19.1 Å². The van der Waals surface area contributed by atoms with Gasteiger partial charge in [-0.3, -0.25) is 10.1 Å². The molecule has 32 heavy (non-hydrogen) atoms. The molecule has 1 aliphatic rings. The van der Waals surface area contributed by atoms with Gasteiger partial charge in [-0.1, -0.05) is 13.0 Å². The SMILES string of the molecule is C[C@H]1CCCN(S(=O)(=O)c2ccc(NCc3ccc(-n4cccn4)nc3)c([N+](=O)[O-])c2)C1. The summed E-state index contributed by atoms with van der Waals surface area (Å²) in [5, 5.41) is 18.8. The van der Waals surface area contributed by atoms with Crippen molar-refractivity contribution >= 4 is 21.4 Å². The fourth-order valence-electron chi connectivity index (χ4n) is 3.74. The minimum atomic E-state index is -3.78. The summed E-state index contributed by atoms with van der Waals surface area (Å²) in [5.74, 6) is 0.925. The monoisotopic (exact) mass is 456 g/mol. The van der Waals surface area contributed by atoms with Gasteiger partial charge in [-0.15, -0.1) is 0 Å². The molecule has 3 aromatic rings. The molecule has 0 aliphatic carbocycles. The smallest absolute Gasteiger partial charge is 0.293 e. The third-order valence-electron chi connectivity index (χ3n) is 5.45. The second kappa shape index (κ2) is 9.05. The van der Waals surface area contributed by atoms with Crippen LogP contribution in [-0.2, 0) is 16.6 Å². The van der Waals surface area contributed by atoms with Gasteiger partial charge in [-0.2, -0.15) is 9.40 Å². The molecule has 1 aromatic carbocycles. The molecule has 0 unspecified atom stereocenters. The Bertz CT molecular complexity index is 1200. The van der Waals surface area contributed by atoms with E-state index in [0.29, 0.717) is 25.5 Å². The van der Waals surface area contributed by atoms with Crippen molar-refractivity contribution in [2.24, 2.45) is 5.92 Å². The highest BCUT2D eigenvalue weighted by Gasteiger charge is 2.30. The standard InChI is InChI=1S/C21H24N6O4S/c1-16-4-2-10-25(15-16)32(30,31)18-6-7-19(20(12-18)27(28)29)22-13-17-5-8-21(23-14-17)26-11-3-9-24-26/h3,5-9,11-12,14,16,22H,2,4,10,13,15H2,1H3/t16-/m0/s1. The molecule has 1 aliphatic heterocycles. The molecule has 1 atom stereocenters. The number of piperidine rings is 1. The van der Waals surface area contributed by atoms with E-state index in [9.17, 15) is 18.5 Å². The van der Waals surface area contributed by atoms with E-state index >= 15 is 0 Å². The topological polar surface area (TPSA) is 123 Å². The summed E-state index contributed by atoms with van der Waals surface area (Å²) >= 11 is 0. The molecule has 1 saturated heterocycles. The van der Waals surface area contributed by atoms with Gasteiger partial charge in [-0.05, 0) is 48.6 Å². The predicted molar refractivity (Wildman–Crippen MR) is 119 cm³/mol. The van der Waals surface area contributed by atoms with E-state index in [1.807, 2.05) is 13.0 Å². The van der Waals surface area contributed by atoms with E-state index in [2.05, 4.69) is 15.4 Å². The van der Waals surface area contributed by atoms with Crippen molar-refractivity contribution in [1.29, 1.82) is 0 Å². The lowest BCUT2D eigenvalue weighted by Crippen LogP contribution is -2.39. The molecule has 3 heterocycles. The Kier molecular flexibility index (Phi) is 6.19. The molecule has 1 fully saturated rings. The largest absolute Gasteiger partial charge is 0.375 e. The van der Waals surface area contributed by atoms with Gasteiger partial charge in [0.15, 0.2) is 5.82 Å². The first-order valence-corrected chi connectivity index (χ1v) is 11.8. The second-order valence-electron chi connectivity index (χ2n) is 7.88. The van der Waals surface area contributed by atoms with Gasteiger partial charge < -0.3 is 5.32 Å². The Morgan fingerprint density at radius 1 is 1.28 bits per heavy atom. The van der Waals surface area contributed by atoms with E-state index in [0.717, 1.165) is 24.5 Å². The number of anilines is 1. The molecule has 0 amide bonds. The summed E-state index contributed by atoms with van der Waals surface area (Å²) in [7, 11) is -3.78. The maximum Gasteiger partial charge on any atom is 0.293 e. The van der Waals surface area contributed by atoms with Gasteiger partial charge in [0.05, 0.1) is 9.82 Å². The van der Waals surface area contributed by atoms with Crippen LogP contribution < -0.4 is 5.32 Å². The number of rotatable bonds is 7. The van der Waals surface area contributed by atoms with Crippen molar-refractivity contribution in [2.75, 3.05) is 18.4 Å². The highest BCUT2D eigenvalue weighted by molar-refractivity contribution is 7.89. The van der Waals surface area contributed by atoms with E-state index in [4.69, 9.17) is 0 Å². The highest BCUT2D eigenvalue weighted by atomic mass is 32.2. The van der Waals surface area contributed by atoms with Gasteiger partial charge in [0.1, 0.15) is 5.69 Å². The number of hydrogen-bond acceptors (Lipinski definition) is 7. The van der Waals surface area contributed by atoms with Gasteiger partial charge in [0.2, 0.25) is 10.0 Å². The van der Waals surface area contributed by atoms with Gasteiger partial charge in [0, 0.05) is 44.3 Å². The molecule has 4 rings (SSSR count). The van der Waals surface area contributed by atoms with E-state index in [1.54, 1.807) is 35.4 Å². The third kappa shape index (κ3) is 4.63. The summed E-state index contributed by atoms with van der Waals surface area (Å²) in [4.78, 5) is 15.4. The van der Waals surface area contributed by atoms with E-state index < -0.39 is 14.9 Å². The van der Waals surface area contributed by atoms with Crippen LogP contribution in [0, 0.1) is 16.0 Å². The molecular weight excluding hydrogens is 432 g/mol. The van der Waals surface area contributed by atoms with Gasteiger partial charge in [-0.25, -0.2) is 18.1 Å². The van der Waals surface area contributed by atoms with Crippen molar-refractivity contribution in [3.63, 3.8) is 0 Å². The lowest BCUT2D eigenvalue weighted by molar-refractivity contribution is -0.384. The minimum Gasteiger partial charge on any atom is -0.375 e. The average molecular weight is 457 g/mol. The second-order valence-corrected chi connectivity index (χ2v) is 9.81. The number of nitro benzene ring substituents is 1. The first kappa shape index (κ1) is 21.9. The zero-order valence-electron chi connectivity index (χ0n) is 17.6. The Morgan fingerprint density at radius 3 is 2.78 bits per heavy atom. The number of aromatic nitrogens is 3. The molecule has 10 nitrogen and oxygen atoms in total. The van der Waals surface area contributed by atoms with Crippen molar-refractivity contribution < 1.29 is 13.3 Å².